The Morgan fingerprint density at radius 2 is 2.09 bits per heavy atom. The van der Waals surface area contributed by atoms with E-state index in [0.717, 1.165) is 11.3 Å². The summed E-state index contributed by atoms with van der Waals surface area (Å²) in [5.74, 6) is -1.24. The summed E-state index contributed by atoms with van der Waals surface area (Å²) in [6.45, 7) is 8.56. The molecule has 3 rings (SSSR count). The van der Waals surface area contributed by atoms with Gasteiger partial charge in [0.15, 0.2) is 0 Å². The Bertz CT molecular complexity index is 1000. The van der Waals surface area contributed by atoms with E-state index in [1.165, 1.54) is 30.6 Å². The molecule has 0 bridgehead atoms. The number of aromatic nitrogens is 1. The maximum Gasteiger partial charge on any atom is 0.410 e. The fourth-order valence-electron chi connectivity index (χ4n) is 3.19. The summed E-state index contributed by atoms with van der Waals surface area (Å²) in [4.78, 5) is 31.4. The molecule has 0 spiro atoms. The van der Waals surface area contributed by atoms with Crippen molar-refractivity contribution in [3.8, 4) is 16.3 Å². The van der Waals surface area contributed by atoms with Crippen LogP contribution in [0.15, 0.2) is 18.3 Å². The van der Waals surface area contributed by atoms with E-state index in [9.17, 15) is 9.59 Å². The van der Waals surface area contributed by atoms with E-state index in [4.69, 9.17) is 18.9 Å². The molecule has 1 saturated heterocycles. The molecule has 1 atom stereocenters. The summed E-state index contributed by atoms with van der Waals surface area (Å²) in [7, 11) is 1.19. The first kappa shape index (κ1) is 24.9. The van der Waals surface area contributed by atoms with Crippen molar-refractivity contribution in [3.05, 3.63) is 34.6 Å². The zero-order valence-corrected chi connectivity index (χ0v) is 20.3. The van der Waals surface area contributed by atoms with E-state index >= 15 is 4.39 Å². The lowest BCUT2D eigenvalue weighted by molar-refractivity contribution is -0.0557. The quantitative estimate of drug-likeness (QED) is 0.569. The maximum absolute atomic E-state index is 15.1. The van der Waals surface area contributed by atoms with Crippen molar-refractivity contribution >= 4 is 23.4 Å². The Morgan fingerprint density at radius 3 is 2.73 bits per heavy atom. The highest BCUT2D eigenvalue weighted by atomic mass is 32.1. The van der Waals surface area contributed by atoms with Gasteiger partial charge in [0.25, 0.3) is 0 Å². The molecule has 180 valence electrons. The van der Waals surface area contributed by atoms with Gasteiger partial charge in [-0.1, -0.05) is 6.92 Å². The van der Waals surface area contributed by atoms with Crippen molar-refractivity contribution in [2.45, 2.75) is 45.8 Å². The Balaban J connectivity index is 1.76. The van der Waals surface area contributed by atoms with Crippen molar-refractivity contribution in [2.75, 3.05) is 33.4 Å². The lowest BCUT2D eigenvalue weighted by atomic mass is 10.1. The van der Waals surface area contributed by atoms with E-state index in [1.807, 2.05) is 27.7 Å². The number of amides is 1. The van der Waals surface area contributed by atoms with Crippen LogP contribution in [0.25, 0.3) is 10.6 Å². The van der Waals surface area contributed by atoms with Crippen LogP contribution in [0.5, 0.6) is 5.75 Å². The summed E-state index contributed by atoms with van der Waals surface area (Å²) < 4.78 is 36.8. The van der Waals surface area contributed by atoms with Crippen LogP contribution in [0.4, 0.5) is 9.18 Å². The lowest BCUT2D eigenvalue weighted by Crippen LogP contribution is -2.49. The van der Waals surface area contributed by atoms with E-state index in [2.05, 4.69) is 4.98 Å². The van der Waals surface area contributed by atoms with Crippen LogP contribution in [0.3, 0.4) is 0 Å². The van der Waals surface area contributed by atoms with Crippen molar-refractivity contribution in [1.29, 1.82) is 0 Å². The van der Waals surface area contributed by atoms with Gasteiger partial charge < -0.3 is 23.8 Å². The number of hydrogen-bond donors (Lipinski definition) is 0. The number of carbonyl (C=O) groups excluding carboxylic acids is 2. The molecule has 2 heterocycles. The van der Waals surface area contributed by atoms with Crippen molar-refractivity contribution in [1.82, 2.24) is 9.88 Å². The molecular formula is C23H29FN2O6S. The number of nitrogens with zero attached hydrogens (tertiary/aromatic N) is 2. The summed E-state index contributed by atoms with van der Waals surface area (Å²) in [5.41, 5.74) is -0.667. The number of thiazole rings is 1. The molecule has 10 heteroatoms. The van der Waals surface area contributed by atoms with Crippen LogP contribution in [-0.2, 0) is 20.6 Å². The number of ether oxygens (including phenoxy) is 4. The second kappa shape index (κ2) is 10.5. The Labute approximate surface area is 196 Å². The minimum absolute atomic E-state index is 0.100. The first-order valence-corrected chi connectivity index (χ1v) is 11.5. The fraction of sp³-hybridized carbons (Fsp3) is 0.522. The van der Waals surface area contributed by atoms with Gasteiger partial charge in [0, 0.05) is 17.6 Å². The number of halogens is 1. The number of rotatable bonds is 6. The monoisotopic (exact) mass is 480 g/mol. The predicted octanol–water partition coefficient (Wildman–Crippen LogP) is 4.31. The number of esters is 1. The first-order chi connectivity index (χ1) is 15.6. The van der Waals surface area contributed by atoms with Crippen LogP contribution < -0.4 is 4.74 Å². The first-order valence-electron chi connectivity index (χ1n) is 10.7. The molecule has 1 aromatic heterocycles. The predicted molar refractivity (Wildman–Crippen MR) is 121 cm³/mol. The van der Waals surface area contributed by atoms with Gasteiger partial charge in [-0.05, 0) is 39.3 Å². The number of aryl methyl sites for hydroxylation is 1. The highest BCUT2D eigenvalue weighted by Crippen LogP contribution is 2.33. The minimum atomic E-state index is -0.809. The zero-order chi connectivity index (χ0) is 24.2. The maximum atomic E-state index is 15.1. The van der Waals surface area contributed by atoms with Gasteiger partial charge in [-0.3, -0.25) is 0 Å². The highest BCUT2D eigenvalue weighted by molar-refractivity contribution is 7.15. The van der Waals surface area contributed by atoms with Crippen LogP contribution in [0.1, 0.15) is 42.9 Å². The molecule has 0 saturated carbocycles. The molecule has 1 amide bonds. The van der Waals surface area contributed by atoms with Crippen LogP contribution in [0, 0.1) is 5.82 Å². The number of benzene rings is 1. The Morgan fingerprint density at radius 1 is 1.33 bits per heavy atom. The van der Waals surface area contributed by atoms with Gasteiger partial charge in [-0.25, -0.2) is 19.0 Å². The van der Waals surface area contributed by atoms with Gasteiger partial charge in [0.2, 0.25) is 0 Å². The van der Waals surface area contributed by atoms with Gasteiger partial charge in [-0.2, -0.15) is 0 Å². The molecule has 0 radical (unpaired) electrons. The van der Waals surface area contributed by atoms with Crippen molar-refractivity contribution in [3.63, 3.8) is 0 Å². The molecule has 1 aliphatic rings. The van der Waals surface area contributed by atoms with E-state index in [1.54, 1.807) is 11.1 Å². The summed E-state index contributed by atoms with van der Waals surface area (Å²) in [5, 5.41) is 0.449. The average molecular weight is 481 g/mol. The molecule has 0 aliphatic carbocycles. The fourth-order valence-corrected chi connectivity index (χ4v) is 4.05. The topological polar surface area (TPSA) is 87.2 Å². The van der Waals surface area contributed by atoms with Crippen LogP contribution in [-0.4, -0.2) is 67.1 Å². The molecule has 1 fully saturated rings. The number of carbonyl (C=O) groups is 2. The second-order valence-electron chi connectivity index (χ2n) is 8.54. The Hall–Kier alpha value is -2.72. The zero-order valence-electron chi connectivity index (χ0n) is 19.5. The van der Waals surface area contributed by atoms with Crippen LogP contribution >= 0.6 is 11.3 Å². The lowest BCUT2D eigenvalue weighted by Gasteiger charge is -2.34. The molecule has 2 aromatic rings. The third-order valence-electron chi connectivity index (χ3n) is 4.81. The normalized spacial score (nSPS) is 16.4. The molecular weight excluding hydrogens is 451 g/mol. The van der Waals surface area contributed by atoms with Gasteiger partial charge in [-0.15, -0.1) is 11.3 Å². The SMILES string of the molecule is CCc1cnc(-c2cc(OC[C@H]3CN(C(=O)OC(C)(C)C)CCO3)cc(C(=O)OC)c2F)s1. The molecule has 0 N–H and O–H groups in total. The van der Waals surface area contributed by atoms with Gasteiger partial charge in [0.1, 0.15) is 34.9 Å². The molecule has 8 nitrogen and oxygen atoms in total. The number of hydrogen-bond acceptors (Lipinski definition) is 8. The largest absolute Gasteiger partial charge is 0.491 e. The van der Waals surface area contributed by atoms with E-state index in [-0.39, 0.29) is 23.5 Å². The van der Waals surface area contributed by atoms with Gasteiger partial charge in [0.05, 0.1) is 31.4 Å². The smallest absolute Gasteiger partial charge is 0.410 e. The van der Waals surface area contributed by atoms with E-state index in [0.29, 0.717) is 24.7 Å². The molecule has 1 aromatic carbocycles. The third kappa shape index (κ3) is 6.42. The standard InChI is InChI=1S/C23H29FN2O6S/c1-6-16-11-25-20(33-16)17-9-14(10-18(19(17)24)21(27)29-5)31-13-15-12-26(7-8-30-15)22(28)32-23(2,3)4/h9-11,15H,6-8,12-13H2,1-5H3/t15-/m1/s1. The van der Waals surface area contributed by atoms with E-state index < -0.39 is 29.6 Å². The molecule has 33 heavy (non-hydrogen) atoms. The minimum Gasteiger partial charge on any atom is -0.491 e. The number of methoxy groups -OCH3 is 1. The molecule has 1 aliphatic heterocycles. The van der Waals surface area contributed by atoms with Crippen LogP contribution in [0.2, 0.25) is 0 Å². The highest BCUT2D eigenvalue weighted by Gasteiger charge is 2.29. The summed E-state index contributed by atoms with van der Waals surface area (Å²) in [6, 6.07) is 2.81. The summed E-state index contributed by atoms with van der Waals surface area (Å²) in [6.07, 6.45) is 1.63. The average Bonchev–Trinajstić information content (AvgIpc) is 3.26. The van der Waals surface area contributed by atoms with Crippen molar-refractivity contribution < 1.29 is 32.9 Å². The summed E-state index contributed by atoms with van der Waals surface area (Å²) >= 11 is 1.35. The van der Waals surface area contributed by atoms with Gasteiger partial charge >= 0.3 is 12.1 Å². The Kier molecular flexibility index (Phi) is 7.91. The third-order valence-corrected chi connectivity index (χ3v) is 5.99. The molecule has 0 unspecified atom stereocenters. The second-order valence-corrected chi connectivity index (χ2v) is 9.65. The van der Waals surface area contributed by atoms with Crippen molar-refractivity contribution in [2.24, 2.45) is 0 Å². The number of morpholine rings is 1.